The second-order valence-electron chi connectivity index (χ2n) is 5.09. The van der Waals surface area contributed by atoms with Gasteiger partial charge >= 0.3 is 0 Å². The number of rotatable bonds is 6. The van der Waals surface area contributed by atoms with Crippen molar-refractivity contribution in [3.05, 3.63) is 0 Å². The summed E-state index contributed by atoms with van der Waals surface area (Å²) in [6.07, 6.45) is 12.0. The van der Waals surface area contributed by atoms with Crippen molar-refractivity contribution in [1.82, 2.24) is 0 Å². The lowest BCUT2D eigenvalue weighted by Gasteiger charge is -2.21. The fourth-order valence-corrected chi connectivity index (χ4v) is 2.50. The van der Waals surface area contributed by atoms with Gasteiger partial charge in [-0.3, -0.25) is 4.79 Å². The molecule has 0 bridgehead atoms. The highest BCUT2D eigenvalue weighted by Gasteiger charge is 2.13. The molecule has 2 N–H and O–H groups in total. The maximum atomic E-state index is 10.8. The Bertz CT molecular complexity index is 185. The van der Waals surface area contributed by atoms with Gasteiger partial charge in [0.25, 0.3) is 0 Å². The molecule has 1 aliphatic carbocycles. The molecule has 0 spiro atoms. The minimum absolute atomic E-state index is 0.0661. The van der Waals surface area contributed by atoms with Crippen molar-refractivity contribution >= 4 is 5.91 Å². The smallest absolute Gasteiger partial charge is 0.220 e. The van der Waals surface area contributed by atoms with E-state index in [1.807, 2.05) is 6.92 Å². The first-order valence-electron chi connectivity index (χ1n) is 6.49. The molecule has 1 rings (SSSR count). The average molecular weight is 211 g/mol. The molecular weight excluding hydrogens is 186 g/mol. The molecule has 0 saturated heterocycles. The third-order valence-electron chi connectivity index (χ3n) is 3.71. The quantitative estimate of drug-likeness (QED) is 0.673. The van der Waals surface area contributed by atoms with E-state index in [0.29, 0.717) is 0 Å². The first-order chi connectivity index (χ1) is 7.20. The molecular formula is C13H25NO. The zero-order chi connectivity index (χ0) is 11.1. The molecule has 2 heteroatoms. The topological polar surface area (TPSA) is 43.1 Å². The molecule has 1 unspecified atom stereocenters. The van der Waals surface area contributed by atoms with E-state index < -0.39 is 0 Å². The molecule has 1 saturated carbocycles. The van der Waals surface area contributed by atoms with Crippen LogP contribution in [0.4, 0.5) is 0 Å². The fourth-order valence-electron chi connectivity index (χ4n) is 2.50. The largest absolute Gasteiger partial charge is 0.369 e. The molecule has 1 atom stereocenters. The highest BCUT2D eigenvalue weighted by atomic mass is 16.1. The van der Waals surface area contributed by atoms with Crippen LogP contribution < -0.4 is 5.73 Å². The Morgan fingerprint density at radius 3 is 2.53 bits per heavy atom. The highest BCUT2D eigenvalue weighted by molar-refractivity contribution is 5.76. The SMILES string of the molecule is CC(CCCCC1CCCCC1)C(N)=O. The Balaban J connectivity index is 1.98. The number of unbranched alkanes of at least 4 members (excludes halogenated alkanes) is 1. The van der Waals surface area contributed by atoms with Crippen LogP contribution in [0.15, 0.2) is 0 Å². The summed E-state index contributed by atoms with van der Waals surface area (Å²) in [5.74, 6) is 0.895. The number of primary amides is 1. The third kappa shape index (κ3) is 5.19. The van der Waals surface area contributed by atoms with Gasteiger partial charge in [0.15, 0.2) is 0 Å². The molecule has 2 nitrogen and oxygen atoms in total. The fraction of sp³-hybridized carbons (Fsp3) is 0.923. The highest BCUT2D eigenvalue weighted by Crippen LogP contribution is 2.28. The summed E-state index contributed by atoms with van der Waals surface area (Å²) in [7, 11) is 0. The summed E-state index contributed by atoms with van der Waals surface area (Å²) >= 11 is 0. The predicted octanol–water partition coefficient (Wildman–Crippen LogP) is 3.25. The lowest BCUT2D eigenvalue weighted by Crippen LogP contribution is -2.20. The van der Waals surface area contributed by atoms with Gasteiger partial charge in [-0.2, -0.15) is 0 Å². The average Bonchev–Trinajstić information content (AvgIpc) is 2.25. The summed E-state index contributed by atoms with van der Waals surface area (Å²) in [6.45, 7) is 1.93. The van der Waals surface area contributed by atoms with Crippen LogP contribution in [0.1, 0.15) is 64.7 Å². The van der Waals surface area contributed by atoms with E-state index in [1.165, 1.54) is 51.4 Å². The van der Waals surface area contributed by atoms with Crippen molar-refractivity contribution in [2.45, 2.75) is 64.7 Å². The van der Waals surface area contributed by atoms with Crippen molar-refractivity contribution in [3.63, 3.8) is 0 Å². The van der Waals surface area contributed by atoms with Gasteiger partial charge in [0.2, 0.25) is 5.91 Å². The number of carbonyl (C=O) groups excluding carboxylic acids is 1. The zero-order valence-corrected chi connectivity index (χ0v) is 10.0. The van der Waals surface area contributed by atoms with E-state index in [2.05, 4.69) is 0 Å². The minimum Gasteiger partial charge on any atom is -0.369 e. The van der Waals surface area contributed by atoms with Crippen molar-refractivity contribution < 1.29 is 4.79 Å². The van der Waals surface area contributed by atoms with Crippen LogP contribution in [0.2, 0.25) is 0 Å². The van der Waals surface area contributed by atoms with Crippen LogP contribution in [0.25, 0.3) is 0 Å². The zero-order valence-electron chi connectivity index (χ0n) is 10.0. The molecule has 1 fully saturated rings. The molecule has 0 heterocycles. The number of amides is 1. The molecule has 15 heavy (non-hydrogen) atoms. The Morgan fingerprint density at radius 2 is 1.93 bits per heavy atom. The summed E-state index contributed by atoms with van der Waals surface area (Å²) in [5.41, 5.74) is 5.22. The lowest BCUT2D eigenvalue weighted by atomic mass is 9.85. The Hall–Kier alpha value is -0.530. The normalized spacial score (nSPS) is 20.1. The van der Waals surface area contributed by atoms with Crippen molar-refractivity contribution in [2.75, 3.05) is 0 Å². The van der Waals surface area contributed by atoms with Gasteiger partial charge in [0.05, 0.1) is 0 Å². The van der Waals surface area contributed by atoms with Gasteiger partial charge in [0, 0.05) is 5.92 Å². The minimum atomic E-state index is -0.146. The molecule has 0 aromatic carbocycles. The van der Waals surface area contributed by atoms with Crippen molar-refractivity contribution in [3.8, 4) is 0 Å². The Labute approximate surface area is 93.6 Å². The maximum Gasteiger partial charge on any atom is 0.220 e. The summed E-state index contributed by atoms with van der Waals surface area (Å²) in [5, 5.41) is 0. The van der Waals surface area contributed by atoms with Crippen LogP contribution in [-0.2, 0) is 4.79 Å². The Kier molecular flexibility index (Phi) is 5.74. The van der Waals surface area contributed by atoms with Crippen LogP contribution in [0.5, 0.6) is 0 Å². The van der Waals surface area contributed by atoms with Gasteiger partial charge in [-0.1, -0.05) is 58.3 Å². The van der Waals surface area contributed by atoms with E-state index in [1.54, 1.807) is 0 Å². The number of carbonyl (C=O) groups is 1. The van der Waals surface area contributed by atoms with Crippen molar-refractivity contribution in [2.24, 2.45) is 17.6 Å². The summed E-state index contributed by atoms with van der Waals surface area (Å²) in [4.78, 5) is 10.8. The second kappa shape index (κ2) is 6.86. The molecule has 0 aromatic heterocycles. The van der Waals surface area contributed by atoms with E-state index in [4.69, 9.17) is 5.73 Å². The molecule has 1 amide bonds. The van der Waals surface area contributed by atoms with Gasteiger partial charge in [-0.15, -0.1) is 0 Å². The first kappa shape index (κ1) is 12.5. The molecule has 0 aliphatic heterocycles. The number of hydrogen-bond donors (Lipinski definition) is 1. The summed E-state index contributed by atoms with van der Waals surface area (Å²) < 4.78 is 0. The Morgan fingerprint density at radius 1 is 1.27 bits per heavy atom. The predicted molar refractivity (Wildman–Crippen MR) is 63.4 cm³/mol. The van der Waals surface area contributed by atoms with E-state index in [0.717, 1.165) is 12.3 Å². The second-order valence-corrected chi connectivity index (χ2v) is 5.09. The van der Waals surface area contributed by atoms with Gasteiger partial charge < -0.3 is 5.73 Å². The molecule has 1 aliphatic rings. The number of nitrogens with two attached hydrogens (primary N) is 1. The van der Waals surface area contributed by atoms with Crippen LogP contribution >= 0.6 is 0 Å². The molecule has 0 radical (unpaired) electrons. The van der Waals surface area contributed by atoms with E-state index in [9.17, 15) is 4.79 Å². The van der Waals surface area contributed by atoms with Crippen LogP contribution in [0.3, 0.4) is 0 Å². The van der Waals surface area contributed by atoms with Gasteiger partial charge in [-0.25, -0.2) is 0 Å². The molecule has 88 valence electrons. The van der Waals surface area contributed by atoms with E-state index in [-0.39, 0.29) is 11.8 Å². The van der Waals surface area contributed by atoms with Crippen LogP contribution in [0, 0.1) is 11.8 Å². The molecule has 0 aromatic rings. The summed E-state index contributed by atoms with van der Waals surface area (Å²) in [6, 6.07) is 0. The number of hydrogen-bond acceptors (Lipinski definition) is 1. The lowest BCUT2D eigenvalue weighted by molar-refractivity contribution is -0.121. The van der Waals surface area contributed by atoms with E-state index >= 15 is 0 Å². The third-order valence-corrected chi connectivity index (χ3v) is 3.71. The monoisotopic (exact) mass is 211 g/mol. The first-order valence-corrected chi connectivity index (χ1v) is 6.49. The van der Waals surface area contributed by atoms with Crippen molar-refractivity contribution in [1.29, 1.82) is 0 Å². The standard InChI is InChI=1S/C13H25NO/c1-11(13(14)15)7-5-6-10-12-8-3-2-4-9-12/h11-12H,2-10H2,1H3,(H2,14,15). The van der Waals surface area contributed by atoms with Crippen LogP contribution in [-0.4, -0.2) is 5.91 Å². The maximum absolute atomic E-state index is 10.8. The van der Waals surface area contributed by atoms with Gasteiger partial charge in [0.1, 0.15) is 0 Å². The van der Waals surface area contributed by atoms with Gasteiger partial charge in [-0.05, 0) is 12.3 Å².